The van der Waals surface area contributed by atoms with Crippen molar-refractivity contribution in [3.8, 4) is 47.4 Å². The molecule has 0 spiro atoms. The summed E-state index contributed by atoms with van der Waals surface area (Å²) in [5.74, 6) is 23.0. The fraction of sp³-hybridized carbons (Fsp3) is 0.154. The van der Waals surface area contributed by atoms with Gasteiger partial charge in [0, 0.05) is 33.4 Å². The number of benzene rings is 6. The molecule has 6 aromatic carbocycles. The van der Waals surface area contributed by atoms with Crippen molar-refractivity contribution in [3.63, 3.8) is 0 Å². The molecule has 0 aliphatic heterocycles. The van der Waals surface area contributed by atoms with E-state index in [-0.39, 0.29) is 23.3 Å². The molecule has 0 aliphatic carbocycles. The van der Waals surface area contributed by atoms with E-state index in [4.69, 9.17) is 0 Å². The van der Waals surface area contributed by atoms with Crippen molar-refractivity contribution in [1.82, 2.24) is 0 Å². The molecule has 0 nitrogen and oxygen atoms in total. The summed E-state index contributed by atoms with van der Waals surface area (Å²) < 4.78 is 55.3. The molecular formula is C52H40F4. The fourth-order valence-corrected chi connectivity index (χ4v) is 5.80. The summed E-state index contributed by atoms with van der Waals surface area (Å²) in [6.45, 7) is 15.0. The Morgan fingerprint density at radius 2 is 0.625 bits per heavy atom. The molecule has 56 heavy (non-hydrogen) atoms. The SMILES string of the molecule is Cc1ccc(C#Cc2c(C)cc(C#Cc3ccc(C)c(F)c3)cc2C)c(F)c1.Cc1ccc(C#Cc2cc(C)c(C#Cc3ccc(C)c(F)c3)c(C)c2)c(F)c1. The summed E-state index contributed by atoms with van der Waals surface area (Å²) in [7, 11) is 0. The van der Waals surface area contributed by atoms with Gasteiger partial charge in [-0.2, -0.15) is 0 Å². The van der Waals surface area contributed by atoms with E-state index in [1.54, 1.807) is 44.2 Å². The highest BCUT2D eigenvalue weighted by molar-refractivity contribution is 5.57. The van der Waals surface area contributed by atoms with Crippen LogP contribution >= 0.6 is 0 Å². The molecule has 0 aliphatic rings. The van der Waals surface area contributed by atoms with Crippen LogP contribution in [-0.2, 0) is 0 Å². The maximum Gasteiger partial charge on any atom is 0.139 e. The van der Waals surface area contributed by atoms with E-state index in [1.807, 2.05) is 84.0 Å². The highest BCUT2D eigenvalue weighted by Gasteiger charge is 2.06. The van der Waals surface area contributed by atoms with Gasteiger partial charge in [0.25, 0.3) is 0 Å². The topological polar surface area (TPSA) is 0 Å². The molecule has 0 heterocycles. The Hall–Kier alpha value is -6.72. The van der Waals surface area contributed by atoms with Crippen molar-refractivity contribution in [3.05, 3.63) is 209 Å². The molecule has 0 fully saturated rings. The van der Waals surface area contributed by atoms with Crippen molar-refractivity contribution in [2.24, 2.45) is 0 Å². The molecule has 6 rings (SSSR count). The van der Waals surface area contributed by atoms with E-state index in [1.165, 1.54) is 24.3 Å². The summed E-state index contributed by atoms with van der Waals surface area (Å²) in [5.41, 5.74) is 12.3. The Labute approximate surface area is 328 Å². The van der Waals surface area contributed by atoms with Crippen LogP contribution in [0, 0.1) is 126 Å². The third-order valence-electron chi connectivity index (χ3n) is 9.00. The lowest BCUT2D eigenvalue weighted by Gasteiger charge is -2.05. The Balaban J connectivity index is 0.000000214. The molecule has 0 bridgehead atoms. The van der Waals surface area contributed by atoms with E-state index in [9.17, 15) is 17.6 Å². The van der Waals surface area contributed by atoms with Crippen LogP contribution in [0.15, 0.2) is 97.1 Å². The summed E-state index contributed by atoms with van der Waals surface area (Å²) in [6.07, 6.45) is 0. The van der Waals surface area contributed by atoms with Gasteiger partial charge < -0.3 is 0 Å². The lowest BCUT2D eigenvalue weighted by Crippen LogP contribution is -1.91. The lowest BCUT2D eigenvalue weighted by atomic mass is 9.99. The minimum absolute atomic E-state index is 0.255. The average Bonchev–Trinajstić information content (AvgIpc) is 3.13. The molecular weight excluding hydrogens is 701 g/mol. The van der Waals surface area contributed by atoms with Crippen molar-refractivity contribution >= 4 is 0 Å². The van der Waals surface area contributed by atoms with Crippen molar-refractivity contribution in [2.45, 2.75) is 55.4 Å². The molecule has 0 unspecified atom stereocenters. The van der Waals surface area contributed by atoms with Gasteiger partial charge in [-0.15, -0.1) is 0 Å². The normalized spacial score (nSPS) is 9.93. The van der Waals surface area contributed by atoms with Gasteiger partial charge in [0.1, 0.15) is 23.3 Å². The first kappa shape index (κ1) is 40.5. The maximum atomic E-state index is 14.0. The van der Waals surface area contributed by atoms with Crippen molar-refractivity contribution in [2.75, 3.05) is 0 Å². The molecule has 0 atom stereocenters. The number of hydrogen-bond acceptors (Lipinski definition) is 0. The zero-order chi connectivity index (χ0) is 40.5. The van der Waals surface area contributed by atoms with Crippen LogP contribution in [0.3, 0.4) is 0 Å². The van der Waals surface area contributed by atoms with Gasteiger partial charge in [-0.25, -0.2) is 17.6 Å². The first-order chi connectivity index (χ1) is 26.7. The lowest BCUT2D eigenvalue weighted by molar-refractivity contribution is 0.618. The second kappa shape index (κ2) is 18.1. The third kappa shape index (κ3) is 10.7. The minimum Gasteiger partial charge on any atom is -0.207 e. The van der Waals surface area contributed by atoms with Gasteiger partial charge in [0.2, 0.25) is 0 Å². The predicted molar refractivity (Wildman–Crippen MR) is 220 cm³/mol. The zero-order valence-electron chi connectivity index (χ0n) is 32.7. The first-order valence-electron chi connectivity index (χ1n) is 18.0. The van der Waals surface area contributed by atoms with Gasteiger partial charge >= 0.3 is 0 Å². The van der Waals surface area contributed by atoms with Gasteiger partial charge in [-0.1, -0.05) is 71.6 Å². The molecule has 0 amide bonds. The quantitative estimate of drug-likeness (QED) is 0.107. The smallest absolute Gasteiger partial charge is 0.139 e. The van der Waals surface area contributed by atoms with Gasteiger partial charge in [-0.05, 0) is 173 Å². The molecule has 276 valence electrons. The van der Waals surface area contributed by atoms with E-state index < -0.39 is 0 Å². The third-order valence-corrected chi connectivity index (χ3v) is 9.00. The number of hydrogen-bond donors (Lipinski definition) is 0. The van der Waals surface area contributed by atoms with Crippen LogP contribution < -0.4 is 0 Å². The molecule has 0 saturated carbocycles. The molecule has 0 radical (unpaired) electrons. The van der Waals surface area contributed by atoms with Crippen LogP contribution in [-0.4, -0.2) is 0 Å². The molecule has 0 N–H and O–H groups in total. The highest BCUT2D eigenvalue weighted by Crippen LogP contribution is 2.19. The Morgan fingerprint density at radius 3 is 1.02 bits per heavy atom. The minimum atomic E-state index is -0.311. The maximum absolute atomic E-state index is 14.0. The molecule has 0 aromatic heterocycles. The molecule has 6 aromatic rings. The largest absolute Gasteiger partial charge is 0.207 e. The summed E-state index contributed by atoms with van der Waals surface area (Å²) in [5, 5.41) is 0. The number of rotatable bonds is 0. The Morgan fingerprint density at radius 1 is 0.286 bits per heavy atom. The van der Waals surface area contributed by atoms with Crippen LogP contribution in [0.4, 0.5) is 17.6 Å². The van der Waals surface area contributed by atoms with E-state index in [0.717, 1.165) is 55.6 Å². The summed E-state index contributed by atoms with van der Waals surface area (Å²) >= 11 is 0. The van der Waals surface area contributed by atoms with Crippen LogP contribution in [0.25, 0.3) is 0 Å². The number of halogens is 4. The van der Waals surface area contributed by atoms with Gasteiger partial charge in [-0.3, -0.25) is 0 Å². The summed E-state index contributed by atoms with van der Waals surface area (Å²) in [6, 6.07) is 27.8. The second-order valence-corrected chi connectivity index (χ2v) is 13.9. The Kier molecular flexibility index (Phi) is 13.1. The average molecular weight is 741 g/mol. The van der Waals surface area contributed by atoms with Crippen LogP contribution in [0.5, 0.6) is 0 Å². The standard InChI is InChI=1S/2C26H20F2/c1-17-5-10-23(26(28)13-17)11-8-22-14-19(3)24(20(4)15-22)12-9-21-7-6-18(2)25(27)16-21;1-17-5-10-23(26(28)13-17)11-12-24-19(3)14-22(15-20(24)4)9-8-21-7-6-18(2)25(27)16-21/h2*5-7,10,13-16H,1-4H3. The monoisotopic (exact) mass is 740 g/mol. The van der Waals surface area contributed by atoms with E-state index >= 15 is 0 Å². The van der Waals surface area contributed by atoms with E-state index in [0.29, 0.717) is 33.4 Å². The van der Waals surface area contributed by atoms with E-state index in [2.05, 4.69) is 47.4 Å². The second-order valence-electron chi connectivity index (χ2n) is 13.9. The van der Waals surface area contributed by atoms with Gasteiger partial charge in [0.05, 0.1) is 11.1 Å². The molecule has 4 heteroatoms. The van der Waals surface area contributed by atoms with Gasteiger partial charge in [0.15, 0.2) is 0 Å². The first-order valence-corrected chi connectivity index (χ1v) is 18.0. The molecule has 0 saturated heterocycles. The predicted octanol–water partition coefficient (Wildman–Crippen LogP) is 12.0. The van der Waals surface area contributed by atoms with Crippen LogP contribution in [0.1, 0.15) is 89.0 Å². The fourth-order valence-electron chi connectivity index (χ4n) is 5.80. The zero-order valence-corrected chi connectivity index (χ0v) is 32.7. The van der Waals surface area contributed by atoms with Crippen molar-refractivity contribution < 1.29 is 17.6 Å². The van der Waals surface area contributed by atoms with Crippen LogP contribution in [0.2, 0.25) is 0 Å². The summed E-state index contributed by atoms with van der Waals surface area (Å²) in [4.78, 5) is 0. The highest BCUT2D eigenvalue weighted by atomic mass is 19.1. The van der Waals surface area contributed by atoms with Crippen molar-refractivity contribution in [1.29, 1.82) is 0 Å². The Bertz CT molecular complexity index is 2690. The number of aryl methyl sites for hydroxylation is 8.